The SMILES string of the molecule is CCO[Si](CCCN(CCC[Si](OCC)(OCC)OCC)CCN(CCO)CCO)(OCC)OCC. The van der Waals surface area contributed by atoms with Crippen molar-refractivity contribution < 1.29 is 36.8 Å². The zero-order valence-corrected chi connectivity index (χ0v) is 26.0. The number of hydrogen-bond acceptors (Lipinski definition) is 10. The van der Waals surface area contributed by atoms with E-state index in [1.165, 1.54) is 0 Å². The Bertz CT molecular complexity index is 425. The van der Waals surface area contributed by atoms with E-state index in [0.29, 0.717) is 52.7 Å². The lowest BCUT2D eigenvalue weighted by molar-refractivity contribution is 0.0687. The van der Waals surface area contributed by atoms with Crippen LogP contribution in [0.15, 0.2) is 0 Å². The highest BCUT2D eigenvalue weighted by Crippen LogP contribution is 2.21. The van der Waals surface area contributed by atoms with Crippen LogP contribution in [0.5, 0.6) is 0 Å². The van der Waals surface area contributed by atoms with Crippen LogP contribution in [0, 0.1) is 0 Å². The van der Waals surface area contributed by atoms with Gasteiger partial charge in [-0.15, -0.1) is 0 Å². The first-order chi connectivity index (χ1) is 17.4. The van der Waals surface area contributed by atoms with Crippen LogP contribution in [0.2, 0.25) is 12.1 Å². The largest absolute Gasteiger partial charge is 0.500 e. The molecule has 0 rings (SSSR count). The summed E-state index contributed by atoms with van der Waals surface area (Å²) in [7, 11) is -5.36. The molecule has 0 aliphatic rings. The first-order valence-electron chi connectivity index (χ1n) is 13.9. The summed E-state index contributed by atoms with van der Waals surface area (Å²) in [6.45, 7) is 20.0. The van der Waals surface area contributed by atoms with Crippen molar-refractivity contribution in [2.24, 2.45) is 0 Å². The van der Waals surface area contributed by atoms with E-state index >= 15 is 0 Å². The highest BCUT2D eigenvalue weighted by atomic mass is 28.4. The first kappa shape index (κ1) is 36.0. The highest BCUT2D eigenvalue weighted by molar-refractivity contribution is 6.61. The fraction of sp³-hybridized carbons (Fsp3) is 1.00. The molecule has 2 N–H and O–H groups in total. The predicted molar refractivity (Wildman–Crippen MR) is 147 cm³/mol. The van der Waals surface area contributed by atoms with Crippen LogP contribution in [0.25, 0.3) is 0 Å². The van der Waals surface area contributed by atoms with E-state index in [-0.39, 0.29) is 13.2 Å². The van der Waals surface area contributed by atoms with E-state index in [4.69, 9.17) is 26.6 Å². The zero-order valence-electron chi connectivity index (χ0n) is 24.0. The van der Waals surface area contributed by atoms with Crippen LogP contribution in [-0.4, -0.2) is 130 Å². The molecule has 0 aromatic carbocycles. The third-order valence-electron chi connectivity index (χ3n) is 5.67. The molecular formula is C24H56N2O8Si2. The maximum Gasteiger partial charge on any atom is 0.500 e. The van der Waals surface area contributed by atoms with Crippen LogP contribution in [0.3, 0.4) is 0 Å². The molecule has 218 valence electrons. The molecule has 0 aliphatic carbocycles. The normalized spacial score (nSPS) is 12.8. The summed E-state index contributed by atoms with van der Waals surface area (Å²) in [6.07, 6.45) is 1.80. The summed E-state index contributed by atoms with van der Waals surface area (Å²) in [6, 6.07) is 1.54. The lowest BCUT2D eigenvalue weighted by Gasteiger charge is -2.32. The third-order valence-corrected chi connectivity index (χ3v) is 12.0. The summed E-state index contributed by atoms with van der Waals surface area (Å²) in [5.74, 6) is 0. The smallest absolute Gasteiger partial charge is 0.395 e. The molecule has 0 aliphatic heterocycles. The average molecular weight is 557 g/mol. The quantitative estimate of drug-likeness (QED) is 0.147. The molecule has 0 bridgehead atoms. The summed E-state index contributed by atoms with van der Waals surface area (Å²) in [4.78, 5) is 4.51. The van der Waals surface area contributed by atoms with Crippen LogP contribution < -0.4 is 0 Å². The van der Waals surface area contributed by atoms with E-state index in [1.807, 2.05) is 41.5 Å². The molecular weight excluding hydrogens is 500 g/mol. The Morgan fingerprint density at radius 2 is 0.722 bits per heavy atom. The van der Waals surface area contributed by atoms with E-state index in [0.717, 1.165) is 51.1 Å². The van der Waals surface area contributed by atoms with Crippen molar-refractivity contribution in [2.45, 2.75) is 66.5 Å². The van der Waals surface area contributed by atoms with Gasteiger partial charge in [0.1, 0.15) is 0 Å². The van der Waals surface area contributed by atoms with Crippen LogP contribution in [-0.2, 0) is 26.6 Å². The first-order valence-corrected chi connectivity index (χ1v) is 17.8. The van der Waals surface area contributed by atoms with Crippen LogP contribution in [0.4, 0.5) is 0 Å². The fourth-order valence-electron chi connectivity index (χ4n) is 4.28. The van der Waals surface area contributed by atoms with Gasteiger partial charge in [-0.25, -0.2) is 0 Å². The molecule has 36 heavy (non-hydrogen) atoms. The van der Waals surface area contributed by atoms with E-state index in [9.17, 15) is 10.2 Å². The van der Waals surface area contributed by atoms with Gasteiger partial charge in [0.25, 0.3) is 0 Å². The van der Waals surface area contributed by atoms with Gasteiger partial charge in [0.05, 0.1) is 13.2 Å². The Hall–Kier alpha value is 0.0338. The van der Waals surface area contributed by atoms with Crippen molar-refractivity contribution in [1.29, 1.82) is 0 Å². The van der Waals surface area contributed by atoms with Crippen molar-refractivity contribution in [1.82, 2.24) is 9.80 Å². The number of nitrogens with zero attached hydrogens (tertiary/aromatic N) is 2. The van der Waals surface area contributed by atoms with Gasteiger partial charge in [-0.1, -0.05) is 0 Å². The summed E-state index contributed by atoms with van der Waals surface area (Å²) < 4.78 is 36.2. The molecule has 0 fully saturated rings. The molecule has 0 radical (unpaired) electrons. The lowest BCUT2D eigenvalue weighted by atomic mass is 10.3. The van der Waals surface area contributed by atoms with Gasteiger partial charge in [0.2, 0.25) is 0 Å². The average Bonchev–Trinajstić information content (AvgIpc) is 2.83. The standard InChI is InChI=1S/C24H56N2O8Si2/c1-7-29-35(30-8-2,31-9-3)23-13-15-25(17-18-26(19-21-27)20-22-28)16-14-24-36(32-10-4,33-11-5)34-12-6/h27-28H,7-24H2,1-6H3. The summed E-state index contributed by atoms with van der Waals surface area (Å²) in [5.41, 5.74) is 0. The number of aliphatic hydroxyl groups is 2. The Labute approximate surface area is 222 Å². The number of aliphatic hydroxyl groups excluding tert-OH is 2. The molecule has 0 unspecified atom stereocenters. The fourth-order valence-corrected chi connectivity index (χ4v) is 9.46. The lowest BCUT2D eigenvalue weighted by Crippen LogP contribution is -2.47. The molecule has 0 aromatic heterocycles. The van der Waals surface area contributed by atoms with Gasteiger partial charge in [-0.3, -0.25) is 4.90 Å². The van der Waals surface area contributed by atoms with Crippen molar-refractivity contribution in [3.63, 3.8) is 0 Å². The van der Waals surface area contributed by atoms with Gasteiger partial charge in [-0.2, -0.15) is 0 Å². The molecule has 0 saturated heterocycles. The second kappa shape index (κ2) is 23.0. The van der Waals surface area contributed by atoms with Crippen molar-refractivity contribution in [2.75, 3.05) is 92.1 Å². The molecule has 0 spiro atoms. The van der Waals surface area contributed by atoms with Gasteiger partial charge in [0.15, 0.2) is 0 Å². The van der Waals surface area contributed by atoms with Gasteiger partial charge in [-0.05, 0) is 67.5 Å². The molecule has 0 aromatic rings. The van der Waals surface area contributed by atoms with E-state index < -0.39 is 17.6 Å². The number of hydrogen-bond donors (Lipinski definition) is 2. The maximum atomic E-state index is 9.38. The Kier molecular flexibility index (Phi) is 23.0. The predicted octanol–water partition coefficient (Wildman–Crippen LogP) is 2.45. The third kappa shape index (κ3) is 15.4. The Balaban J connectivity index is 5.26. The van der Waals surface area contributed by atoms with Crippen molar-refractivity contribution in [3.8, 4) is 0 Å². The Morgan fingerprint density at radius 3 is 0.972 bits per heavy atom. The molecule has 0 heterocycles. The second-order valence-corrected chi connectivity index (χ2v) is 13.8. The molecule has 0 saturated carbocycles. The van der Waals surface area contributed by atoms with Gasteiger partial charge in [0, 0.05) is 77.9 Å². The van der Waals surface area contributed by atoms with E-state index in [1.54, 1.807) is 0 Å². The summed E-state index contributed by atoms with van der Waals surface area (Å²) >= 11 is 0. The maximum absolute atomic E-state index is 9.38. The second-order valence-electron chi connectivity index (χ2n) is 8.30. The molecule has 0 atom stereocenters. The summed E-state index contributed by atoms with van der Waals surface area (Å²) in [5, 5.41) is 18.8. The van der Waals surface area contributed by atoms with Gasteiger partial charge >= 0.3 is 17.6 Å². The minimum atomic E-state index is -2.68. The molecule has 12 heteroatoms. The molecule has 10 nitrogen and oxygen atoms in total. The Morgan fingerprint density at radius 1 is 0.444 bits per heavy atom. The minimum Gasteiger partial charge on any atom is -0.395 e. The highest BCUT2D eigenvalue weighted by Gasteiger charge is 2.41. The monoisotopic (exact) mass is 556 g/mol. The molecule has 0 amide bonds. The van der Waals surface area contributed by atoms with Gasteiger partial charge < -0.3 is 41.7 Å². The van der Waals surface area contributed by atoms with Crippen molar-refractivity contribution in [3.05, 3.63) is 0 Å². The van der Waals surface area contributed by atoms with Crippen LogP contribution >= 0.6 is 0 Å². The minimum absolute atomic E-state index is 0.0797. The van der Waals surface area contributed by atoms with Crippen LogP contribution in [0.1, 0.15) is 54.4 Å². The zero-order chi connectivity index (χ0) is 27.1. The topological polar surface area (TPSA) is 102 Å². The van der Waals surface area contributed by atoms with Crippen molar-refractivity contribution >= 4 is 17.6 Å². The number of rotatable bonds is 27. The van der Waals surface area contributed by atoms with E-state index in [2.05, 4.69) is 9.80 Å².